The molecule has 0 fully saturated rings. The van der Waals surface area contributed by atoms with E-state index in [-0.39, 0.29) is 6.61 Å². The number of esters is 1. The van der Waals surface area contributed by atoms with Crippen LogP contribution in [0.3, 0.4) is 0 Å². The number of benzene rings is 1. The highest BCUT2D eigenvalue weighted by atomic mass is 35.5. The lowest BCUT2D eigenvalue weighted by Crippen LogP contribution is -2.18. The summed E-state index contributed by atoms with van der Waals surface area (Å²) < 4.78 is 9.04. The van der Waals surface area contributed by atoms with Crippen molar-refractivity contribution in [2.45, 2.75) is 40.3 Å². The number of pyridine rings is 1. The van der Waals surface area contributed by atoms with Crippen molar-refractivity contribution in [1.82, 2.24) is 19.3 Å². The maximum absolute atomic E-state index is 12.5. The van der Waals surface area contributed by atoms with Crippen molar-refractivity contribution in [1.29, 1.82) is 0 Å². The molecule has 0 saturated heterocycles. The molecular weight excluding hydrogens is 440 g/mol. The second kappa shape index (κ2) is 9.00. The van der Waals surface area contributed by atoms with Crippen molar-refractivity contribution in [2.24, 2.45) is 7.05 Å². The fourth-order valence-electron chi connectivity index (χ4n) is 4.31. The van der Waals surface area contributed by atoms with E-state index < -0.39 is 12.1 Å². The molecule has 33 heavy (non-hydrogen) atoms. The second-order valence-electron chi connectivity index (χ2n) is 8.16. The SMILES string of the molecule is CCOC(=O)C(O)c1c(C)nc2c(c(C)c(C)n2Cc2cnn(C)c2)c1-c1ccc(Cl)cc1. The molecule has 4 rings (SSSR count). The summed E-state index contributed by atoms with van der Waals surface area (Å²) in [6.45, 7) is 8.40. The Hall–Kier alpha value is -3.16. The number of hydrogen-bond acceptors (Lipinski definition) is 5. The van der Waals surface area contributed by atoms with Crippen molar-refractivity contribution in [3.8, 4) is 11.1 Å². The smallest absolute Gasteiger partial charge is 0.339 e. The van der Waals surface area contributed by atoms with Crippen LogP contribution in [-0.4, -0.2) is 37.0 Å². The Balaban J connectivity index is 2.03. The van der Waals surface area contributed by atoms with E-state index in [1.807, 2.05) is 45.4 Å². The van der Waals surface area contributed by atoms with Gasteiger partial charge in [-0.15, -0.1) is 0 Å². The molecule has 1 aromatic carbocycles. The molecule has 0 aliphatic heterocycles. The first-order chi connectivity index (χ1) is 15.7. The average molecular weight is 467 g/mol. The minimum Gasteiger partial charge on any atom is -0.464 e. The Kier molecular flexibility index (Phi) is 6.28. The van der Waals surface area contributed by atoms with Crippen molar-refractivity contribution in [3.63, 3.8) is 0 Å². The number of fused-ring (bicyclic) bond motifs is 1. The number of halogens is 1. The molecule has 3 heterocycles. The van der Waals surface area contributed by atoms with Gasteiger partial charge in [0.2, 0.25) is 0 Å². The third-order valence-corrected chi connectivity index (χ3v) is 6.25. The van der Waals surface area contributed by atoms with Crippen LogP contribution in [0, 0.1) is 20.8 Å². The van der Waals surface area contributed by atoms with Crippen LogP contribution in [-0.2, 0) is 23.1 Å². The monoisotopic (exact) mass is 466 g/mol. The maximum Gasteiger partial charge on any atom is 0.339 e. The topological polar surface area (TPSA) is 82.2 Å². The number of nitrogens with zero attached hydrogens (tertiary/aromatic N) is 4. The first kappa shape index (κ1) is 23.0. The van der Waals surface area contributed by atoms with Crippen LogP contribution in [0.5, 0.6) is 0 Å². The molecule has 4 aromatic rings. The lowest BCUT2D eigenvalue weighted by atomic mass is 9.91. The Morgan fingerprint density at radius 3 is 2.52 bits per heavy atom. The number of aliphatic hydroxyl groups is 1. The summed E-state index contributed by atoms with van der Waals surface area (Å²) in [4.78, 5) is 17.4. The van der Waals surface area contributed by atoms with Crippen LogP contribution >= 0.6 is 11.6 Å². The quantitative estimate of drug-likeness (QED) is 0.418. The van der Waals surface area contributed by atoms with Crippen molar-refractivity contribution in [3.05, 3.63) is 69.8 Å². The predicted molar refractivity (Wildman–Crippen MR) is 128 cm³/mol. The highest BCUT2D eigenvalue weighted by Crippen LogP contribution is 2.40. The number of rotatable bonds is 6. The number of carbonyl (C=O) groups excluding carboxylic acids is 1. The molecular formula is C25H27ClN4O3. The molecule has 0 saturated carbocycles. The molecule has 0 bridgehead atoms. The molecule has 172 valence electrons. The molecule has 7 nitrogen and oxygen atoms in total. The Morgan fingerprint density at radius 2 is 1.91 bits per heavy atom. The Labute approximate surface area is 197 Å². The van der Waals surface area contributed by atoms with E-state index in [2.05, 4.69) is 16.6 Å². The number of carbonyl (C=O) groups is 1. The number of hydrogen-bond donors (Lipinski definition) is 1. The zero-order valence-corrected chi connectivity index (χ0v) is 20.1. The Bertz CT molecular complexity index is 1340. The van der Waals surface area contributed by atoms with E-state index in [4.69, 9.17) is 21.3 Å². The Morgan fingerprint density at radius 1 is 1.21 bits per heavy atom. The molecule has 1 N–H and O–H groups in total. The maximum atomic E-state index is 12.5. The van der Waals surface area contributed by atoms with Gasteiger partial charge < -0.3 is 14.4 Å². The summed E-state index contributed by atoms with van der Waals surface area (Å²) in [5.41, 5.74) is 6.55. The summed E-state index contributed by atoms with van der Waals surface area (Å²) in [6.07, 6.45) is 2.37. The first-order valence-electron chi connectivity index (χ1n) is 10.8. The normalized spacial score (nSPS) is 12.3. The molecule has 0 amide bonds. The number of aryl methyl sites for hydroxylation is 3. The molecule has 1 atom stereocenters. The van der Waals surface area contributed by atoms with Gasteiger partial charge in [-0.05, 0) is 51.0 Å². The molecule has 0 spiro atoms. The van der Waals surface area contributed by atoms with Gasteiger partial charge in [0.1, 0.15) is 5.65 Å². The van der Waals surface area contributed by atoms with Gasteiger partial charge in [-0.1, -0.05) is 23.7 Å². The van der Waals surface area contributed by atoms with Crippen LogP contribution in [0.25, 0.3) is 22.2 Å². The van der Waals surface area contributed by atoms with Gasteiger partial charge in [-0.3, -0.25) is 4.68 Å². The summed E-state index contributed by atoms with van der Waals surface area (Å²) >= 11 is 6.15. The molecule has 0 aliphatic carbocycles. The molecule has 8 heteroatoms. The number of ether oxygens (including phenoxy) is 1. The summed E-state index contributed by atoms with van der Waals surface area (Å²) in [6, 6.07) is 7.39. The summed E-state index contributed by atoms with van der Waals surface area (Å²) in [5.74, 6) is -0.693. The first-order valence-corrected chi connectivity index (χ1v) is 11.2. The largest absolute Gasteiger partial charge is 0.464 e. The molecule has 0 aliphatic rings. The van der Waals surface area contributed by atoms with Gasteiger partial charge in [0.15, 0.2) is 6.10 Å². The highest BCUT2D eigenvalue weighted by molar-refractivity contribution is 6.30. The lowest BCUT2D eigenvalue weighted by molar-refractivity contribution is -0.153. The van der Waals surface area contributed by atoms with Gasteiger partial charge in [0.05, 0.1) is 19.3 Å². The third kappa shape index (κ3) is 4.14. The minimum absolute atomic E-state index is 0.181. The zero-order valence-electron chi connectivity index (χ0n) is 19.4. The van der Waals surface area contributed by atoms with E-state index >= 15 is 0 Å². The van der Waals surface area contributed by atoms with Gasteiger partial charge in [-0.25, -0.2) is 9.78 Å². The van der Waals surface area contributed by atoms with Crippen molar-refractivity contribution < 1.29 is 14.6 Å². The zero-order chi connectivity index (χ0) is 23.9. The lowest BCUT2D eigenvalue weighted by Gasteiger charge is -2.19. The van der Waals surface area contributed by atoms with Crippen LogP contribution in [0.4, 0.5) is 0 Å². The van der Waals surface area contributed by atoms with Gasteiger partial charge in [0.25, 0.3) is 0 Å². The summed E-state index contributed by atoms with van der Waals surface area (Å²) in [5, 5.41) is 16.8. The van der Waals surface area contributed by atoms with E-state index in [9.17, 15) is 9.90 Å². The fraction of sp³-hybridized carbons (Fsp3) is 0.320. The van der Waals surface area contributed by atoms with Gasteiger partial charge in [-0.2, -0.15) is 5.10 Å². The minimum atomic E-state index is -1.45. The van der Waals surface area contributed by atoms with Crippen LogP contribution in [0.15, 0.2) is 36.7 Å². The molecule has 0 radical (unpaired) electrons. The molecule has 3 aromatic heterocycles. The van der Waals surface area contributed by atoms with E-state index in [0.717, 1.165) is 39.0 Å². The fourth-order valence-corrected chi connectivity index (χ4v) is 4.44. The van der Waals surface area contributed by atoms with Crippen LogP contribution in [0.1, 0.15) is 41.1 Å². The number of aliphatic hydroxyl groups excluding tert-OH is 1. The summed E-state index contributed by atoms with van der Waals surface area (Å²) in [7, 11) is 1.89. The van der Waals surface area contributed by atoms with Gasteiger partial charge >= 0.3 is 5.97 Å². The second-order valence-corrected chi connectivity index (χ2v) is 8.60. The standard InChI is InChI=1S/C25H27ClN4O3/c1-6-33-25(32)23(31)21-15(3)28-24-20(22(21)18-7-9-19(26)10-8-18)14(2)16(4)30(24)13-17-11-27-29(5)12-17/h7-12,23,31H,6,13H2,1-5H3. The average Bonchev–Trinajstić information content (AvgIpc) is 3.29. The van der Waals surface area contributed by atoms with Crippen LogP contribution in [0.2, 0.25) is 5.02 Å². The number of aromatic nitrogens is 4. The predicted octanol–water partition coefficient (Wildman–Crippen LogP) is 4.66. The van der Waals surface area contributed by atoms with Gasteiger partial charge in [0, 0.05) is 51.7 Å². The van der Waals surface area contributed by atoms with E-state index in [1.165, 1.54) is 0 Å². The van der Waals surface area contributed by atoms with Crippen LogP contribution < -0.4 is 0 Å². The third-order valence-electron chi connectivity index (χ3n) is 6.00. The molecule has 1 unspecified atom stereocenters. The van der Waals surface area contributed by atoms with E-state index in [1.54, 1.807) is 23.7 Å². The van der Waals surface area contributed by atoms with Crippen molar-refractivity contribution in [2.75, 3.05) is 6.61 Å². The highest BCUT2D eigenvalue weighted by Gasteiger charge is 2.29. The van der Waals surface area contributed by atoms with E-state index in [0.29, 0.717) is 22.8 Å². The van der Waals surface area contributed by atoms with Crippen molar-refractivity contribution >= 4 is 28.6 Å².